The highest BCUT2D eigenvalue weighted by Crippen LogP contribution is 2.39. The molecule has 1 aromatic carbocycles. The van der Waals surface area contributed by atoms with Crippen LogP contribution in [0.3, 0.4) is 0 Å². The van der Waals surface area contributed by atoms with Gasteiger partial charge < -0.3 is 10.2 Å². The molecule has 0 saturated carbocycles. The van der Waals surface area contributed by atoms with Crippen LogP contribution in [0.5, 0.6) is 0 Å². The molecule has 21 heavy (non-hydrogen) atoms. The third-order valence-electron chi connectivity index (χ3n) is 5.59. The van der Waals surface area contributed by atoms with Gasteiger partial charge in [0.15, 0.2) is 0 Å². The number of benzene rings is 1. The third-order valence-corrected chi connectivity index (χ3v) is 5.59. The molecule has 1 fully saturated rings. The van der Waals surface area contributed by atoms with Crippen molar-refractivity contribution in [2.75, 3.05) is 24.5 Å². The van der Waals surface area contributed by atoms with E-state index >= 15 is 0 Å². The zero-order chi connectivity index (χ0) is 15.3. The van der Waals surface area contributed by atoms with E-state index in [1.807, 2.05) is 0 Å². The molecule has 1 aliphatic heterocycles. The van der Waals surface area contributed by atoms with Gasteiger partial charge in [-0.1, -0.05) is 45.7 Å². The Kier molecular flexibility index (Phi) is 5.69. The van der Waals surface area contributed by atoms with Crippen molar-refractivity contribution < 1.29 is 0 Å². The second-order valence-electron chi connectivity index (χ2n) is 6.57. The smallest absolute Gasteiger partial charge is 0.0366 e. The molecule has 2 rings (SSSR count). The maximum absolute atomic E-state index is 3.47. The van der Waals surface area contributed by atoms with Crippen LogP contribution >= 0.6 is 0 Å². The van der Waals surface area contributed by atoms with Crippen molar-refractivity contribution in [1.29, 1.82) is 0 Å². The summed E-state index contributed by atoms with van der Waals surface area (Å²) in [6.45, 7) is 12.5. The quantitative estimate of drug-likeness (QED) is 0.811. The molecule has 0 aliphatic carbocycles. The molecule has 1 heterocycles. The van der Waals surface area contributed by atoms with Crippen LogP contribution in [-0.4, -0.2) is 19.6 Å². The minimum absolute atomic E-state index is 0.443. The monoisotopic (exact) mass is 288 g/mol. The minimum atomic E-state index is 0.443. The summed E-state index contributed by atoms with van der Waals surface area (Å²) < 4.78 is 0. The standard InChI is InChI=1S/C19H32N2/c1-5-19(6-2)12-14-21(15-13-19)18-10-8-17(9-11-18)16(4)20-7-3/h8-11,16,20H,5-7,12-15H2,1-4H3. The number of anilines is 1. The van der Waals surface area contributed by atoms with Crippen molar-refractivity contribution in [3.63, 3.8) is 0 Å². The van der Waals surface area contributed by atoms with E-state index in [1.165, 1.54) is 50.0 Å². The van der Waals surface area contributed by atoms with Gasteiger partial charge in [0.05, 0.1) is 0 Å². The lowest BCUT2D eigenvalue weighted by Crippen LogP contribution is -2.39. The Labute approximate surface area is 130 Å². The molecule has 0 aromatic heterocycles. The first kappa shape index (κ1) is 16.4. The Morgan fingerprint density at radius 1 is 1.05 bits per heavy atom. The van der Waals surface area contributed by atoms with E-state index in [-0.39, 0.29) is 0 Å². The zero-order valence-corrected chi connectivity index (χ0v) is 14.3. The number of nitrogens with one attached hydrogen (secondary N) is 1. The molecule has 1 saturated heterocycles. The number of piperidine rings is 1. The van der Waals surface area contributed by atoms with E-state index in [1.54, 1.807) is 0 Å². The fourth-order valence-electron chi connectivity index (χ4n) is 3.59. The lowest BCUT2D eigenvalue weighted by molar-refractivity contribution is 0.199. The van der Waals surface area contributed by atoms with Crippen LogP contribution in [0.25, 0.3) is 0 Å². The lowest BCUT2D eigenvalue weighted by atomic mass is 9.74. The van der Waals surface area contributed by atoms with Gasteiger partial charge in [-0.05, 0) is 49.4 Å². The van der Waals surface area contributed by atoms with Gasteiger partial charge in [0, 0.05) is 24.8 Å². The van der Waals surface area contributed by atoms with Gasteiger partial charge in [0.2, 0.25) is 0 Å². The summed E-state index contributed by atoms with van der Waals surface area (Å²) in [6, 6.07) is 9.61. The van der Waals surface area contributed by atoms with Crippen molar-refractivity contribution in [2.24, 2.45) is 5.41 Å². The highest BCUT2D eigenvalue weighted by molar-refractivity contribution is 5.48. The summed E-state index contributed by atoms with van der Waals surface area (Å²) in [5.74, 6) is 0. The van der Waals surface area contributed by atoms with Crippen molar-refractivity contribution >= 4 is 5.69 Å². The number of hydrogen-bond donors (Lipinski definition) is 1. The molecule has 1 unspecified atom stereocenters. The first-order valence-electron chi connectivity index (χ1n) is 8.72. The average molecular weight is 288 g/mol. The van der Waals surface area contributed by atoms with E-state index in [2.05, 4.69) is 62.2 Å². The molecular formula is C19H32N2. The maximum atomic E-state index is 3.47. The highest BCUT2D eigenvalue weighted by Gasteiger charge is 2.31. The van der Waals surface area contributed by atoms with Crippen LogP contribution < -0.4 is 10.2 Å². The summed E-state index contributed by atoms with van der Waals surface area (Å²) in [4.78, 5) is 2.56. The third kappa shape index (κ3) is 3.79. The van der Waals surface area contributed by atoms with Crippen LogP contribution in [0.1, 0.15) is 65.0 Å². The molecule has 1 N–H and O–H groups in total. The molecule has 118 valence electrons. The summed E-state index contributed by atoms with van der Waals surface area (Å²) in [5.41, 5.74) is 3.38. The van der Waals surface area contributed by atoms with Crippen molar-refractivity contribution in [1.82, 2.24) is 5.32 Å². The second-order valence-corrected chi connectivity index (χ2v) is 6.57. The molecule has 0 bridgehead atoms. The molecule has 0 amide bonds. The van der Waals surface area contributed by atoms with Gasteiger partial charge in [-0.2, -0.15) is 0 Å². The van der Waals surface area contributed by atoms with Gasteiger partial charge in [0.25, 0.3) is 0 Å². The minimum Gasteiger partial charge on any atom is -0.371 e. The largest absolute Gasteiger partial charge is 0.371 e. The summed E-state index contributed by atoms with van der Waals surface area (Å²) in [6.07, 6.45) is 5.35. The predicted octanol–water partition coefficient (Wildman–Crippen LogP) is 4.76. The molecule has 2 nitrogen and oxygen atoms in total. The first-order chi connectivity index (χ1) is 10.1. The second kappa shape index (κ2) is 7.31. The zero-order valence-electron chi connectivity index (χ0n) is 14.3. The molecular weight excluding hydrogens is 256 g/mol. The fourth-order valence-corrected chi connectivity index (χ4v) is 3.59. The Balaban J connectivity index is 1.98. The molecule has 0 spiro atoms. The summed E-state index contributed by atoms with van der Waals surface area (Å²) in [5, 5.41) is 3.47. The Bertz CT molecular complexity index is 410. The number of nitrogens with zero attached hydrogens (tertiary/aromatic N) is 1. The van der Waals surface area contributed by atoms with Gasteiger partial charge in [-0.25, -0.2) is 0 Å². The van der Waals surface area contributed by atoms with Gasteiger partial charge in [-0.3, -0.25) is 0 Å². The van der Waals surface area contributed by atoms with Crippen molar-refractivity contribution in [2.45, 2.75) is 59.4 Å². The number of hydrogen-bond acceptors (Lipinski definition) is 2. The average Bonchev–Trinajstić information content (AvgIpc) is 2.55. The summed E-state index contributed by atoms with van der Waals surface area (Å²) >= 11 is 0. The van der Waals surface area contributed by atoms with Crippen LogP contribution in [0.2, 0.25) is 0 Å². The Morgan fingerprint density at radius 3 is 2.10 bits per heavy atom. The lowest BCUT2D eigenvalue weighted by Gasteiger charge is -2.42. The van der Waals surface area contributed by atoms with E-state index in [0.29, 0.717) is 11.5 Å². The summed E-state index contributed by atoms with van der Waals surface area (Å²) in [7, 11) is 0. The van der Waals surface area contributed by atoms with Crippen LogP contribution in [0.4, 0.5) is 5.69 Å². The highest BCUT2D eigenvalue weighted by atomic mass is 15.1. The van der Waals surface area contributed by atoms with E-state index < -0.39 is 0 Å². The van der Waals surface area contributed by atoms with Crippen molar-refractivity contribution in [3.8, 4) is 0 Å². The fraction of sp³-hybridized carbons (Fsp3) is 0.684. The predicted molar refractivity (Wildman–Crippen MR) is 93.0 cm³/mol. The van der Waals surface area contributed by atoms with E-state index in [4.69, 9.17) is 0 Å². The normalized spacial score (nSPS) is 19.5. The van der Waals surface area contributed by atoms with Crippen molar-refractivity contribution in [3.05, 3.63) is 29.8 Å². The van der Waals surface area contributed by atoms with E-state index in [9.17, 15) is 0 Å². The van der Waals surface area contributed by atoms with Crippen LogP contribution in [0, 0.1) is 5.41 Å². The Hall–Kier alpha value is -1.02. The molecule has 1 aliphatic rings. The molecule has 2 heteroatoms. The first-order valence-corrected chi connectivity index (χ1v) is 8.72. The number of rotatable bonds is 6. The van der Waals surface area contributed by atoms with Crippen LogP contribution in [0.15, 0.2) is 24.3 Å². The van der Waals surface area contributed by atoms with Gasteiger partial charge >= 0.3 is 0 Å². The molecule has 1 atom stereocenters. The Morgan fingerprint density at radius 2 is 1.62 bits per heavy atom. The van der Waals surface area contributed by atoms with E-state index in [0.717, 1.165) is 6.54 Å². The topological polar surface area (TPSA) is 15.3 Å². The van der Waals surface area contributed by atoms with Crippen LogP contribution in [-0.2, 0) is 0 Å². The maximum Gasteiger partial charge on any atom is 0.0366 e. The molecule has 0 radical (unpaired) electrons. The van der Waals surface area contributed by atoms with Gasteiger partial charge in [-0.15, -0.1) is 0 Å². The van der Waals surface area contributed by atoms with Gasteiger partial charge in [0.1, 0.15) is 0 Å². The molecule has 1 aromatic rings. The SMILES string of the molecule is CCNC(C)c1ccc(N2CCC(CC)(CC)CC2)cc1.